The molecule has 0 saturated carbocycles. The third-order valence-corrected chi connectivity index (χ3v) is 1.46. The Kier molecular flexibility index (Phi) is 5.44. The molecule has 0 saturated heterocycles. The molecule has 1 heteroatoms. The molecule has 0 aromatic heterocycles. The minimum atomic E-state index is 0.257. The van der Waals surface area contributed by atoms with E-state index in [1.807, 2.05) is 6.08 Å². The lowest BCUT2D eigenvalue weighted by Crippen LogP contribution is -1.87. The van der Waals surface area contributed by atoms with Gasteiger partial charge in [-0.3, -0.25) is 0 Å². The standard InChI is InChI=1S/C10H16O/c1-4-6-9(2)7-5-8-10(3)11/h4,7H,1,5-6,8H2,2-3H3/b9-7+. The van der Waals surface area contributed by atoms with Crippen LogP contribution >= 0.6 is 0 Å². The normalized spacial score (nSPS) is 11.3. The van der Waals surface area contributed by atoms with Crippen molar-refractivity contribution in [3.8, 4) is 0 Å². The maximum Gasteiger partial charge on any atom is 0.130 e. The van der Waals surface area contributed by atoms with Crippen LogP contribution in [0.3, 0.4) is 0 Å². The molecule has 0 spiro atoms. The van der Waals surface area contributed by atoms with Crippen LogP contribution < -0.4 is 0 Å². The first kappa shape index (κ1) is 10.2. The highest BCUT2D eigenvalue weighted by molar-refractivity contribution is 5.75. The van der Waals surface area contributed by atoms with Gasteiger partial charge in [-0.2, -0.15) is 0 Å². The Hall–Kier alpha value is -0.850. The van der Waals surface area contributed by atoms with Crippen LogP contribution in [-0.2, 0) is 4.79 Å². The van der Waals surface area contributed by atoms with Crippen molar-refractivity contribution in [3.63, 3.8) is 0 Å². The third-order valence-electron chi connectivity index (χ3n) is 1.46. The largest absolute Gasteiger partial charge is 0.300 e. The fourth-order valence-corrected chi connectivity index (χ4v) is 0.833. The van der Waals surface area contributed by atoms with Crippen LogP contribution in [0.4, 0.5) is 0 Å². The van der Waals surface area contributed by atoms with Gasteiger partial charge in [-0.1, -0.05) is 17.7 Å². The molecule has 62 valence electrons. The van der Waals surface area contributed by atoms with Crippen LogP contribution in [0.15, 0.2) is 24.3 Å². The van der Waals surface area contributed by atoms with Gasteiger partial charge in [0.15, 0.2) is 0 Å². The summed E-state index contributed by atoms with van der Waals surface area (Å²) in [5.74, 6) is 0.257. The quantitative estimate of drug-likeness (QED) is 0.553. The Morgan fingerprint density at radius 3 is 2.55 bits per heavy atom. The SMILES string of the molecule is C=CC/C(C)=C/CCC(C)=O. The van der Waals surface area contributed by atoms with E-state index in [2.05, 4.69) is 19.6 Å². The number of carbonyl (C=O) groups is 1. The molecular weight excluding hydrogens is 136 g/mol. The second-order valence-electron chi connectivity index (χ2n) is 2.78. The van der Waals surface area contributed by atoms with Crippen LogP contribution in [0.25, 0.3) is 0 Å². The molecular formula is C10H16O. The molecule has 0 aliphatic carbocycles. The molecule has 1 nitrogen and oxygen atoms in total. The first-order chi connectivity index (χ1) is 5.16. The van der Waals surface area contributed by atoms with Gasteiger partial charge in [-0.15, -0.1) is 6.58 Å². The van der Waals surface area contributed by atoms with E-state index in [4.69, 9.17) is 0 Å². The van der Waals surface area contributed by atoms with Crippen LogP contribution in [0.1, 0.15) is 33.1 Å². The molecule has 0 aliphatic heterocycles. The molecule has 0 aliphatic rings. The van der Waals surface area contributed by atoms with Gasteiger partial charge in [0.25, 0.3) is 0 Å². The summed E-state index contributed by atoms with van der Waals surface area (Å²) in [7, 11) is 0. The first-order valence-electron chi connectivity index (χ1n) is 3.92. The van der Waals surface area contributed by atoms with Gasteiger partial charge in [0.2, 0.25) is 0 Å². The van der Waals surface area contributed by atoms with E-state index < -0.39 is 0 Å². The van der Waals surface area contributed by atoms with Crippen LogP contribution in [0.2, 0.25) is 0 Å². The Balaban J connectivity index is 3.55. The highest BCUT2D eigenvalue weighted by atomic mass is 16.1. The first-order valence-corrected chi connectivity index (χ1v) is 3.92. The smallest absolute Gasteiger partial charge is 0.130 e. The van der Waals surface area contributed by atoms with E-state index in [9.17, 15) is 4.79 Å². The number of rotatable bonds is 5. The minimum absolute atomic E-state index is 0.257. The highest BCUT2D eigenvalue weighted by Crippen LogP contribution is 2.03. The Labute approximate surface area is 68.8 Å². The highest BCUT2D eigenvalue weighted by Gasteiger charge is 1.90. The predicted octanol–water partition coefficient (Wildman–Crippen LogP) is 2.88. The molecule has 0 heterocycles. The van der Waals surface area contributed by atoms with E-state index >= 15 is 0 Å². The Morgan fingerprint density at radius 2 is 2.09 bits per heavy atom. The van der Waals surface area contributed by atoms with E-state index in [0.29, 0.717) is 6.42 Å². The van der Waals surface area contributed by atoms with Crippen molar-refractivity contribution in [1.29, 1.82) is 0 Å². The van der Waals surface area contributed by atoms with Gasteiger partial charge in [0.05, 0.1) is 0 Å². The predicted molar refractivity (Wildman–Crippen MR) is 48.5 cm³/mol. The van der Waals surface area contributed by atoms with Crippen molar-refractivity contribution >= 4 is 5.78 Å². The van der Waals surface area contributed by atoms with Gasteiger partial charge in [-0.25, -0.2) is 0 Å². The summed E-state index contributed by atoms with van der Waals surface area (Å²) in [6.07, 6.45) is 6.43. The molecule has 0 rings (SSSR count). The number of Topliss-reactive ketones (excluding diaryl/α,β-unsaturated/α-hetero) is 1. The second-order valence-corrected chi connectivity index (χ2v) is 2.78. The summed E-state index contributed by atoms with van der Waals surface area (Å²) in [6.45, 7) is 7.32. The number of hydrogen-bond acceptors (Lipinski definition) is 1. The zero-order valence-corrected chi connectivity index (χ0v) is 7.39. The van der Waals surface area contributed by atoms with Gasteiger partial charge in [-0.05, 0) is 26.7 Å². The molecule has 0 aromatic rings. The van der Waals surface area contributed by atoms with Gasteiger partial charge in [0.1, 0.15) is 5.78 Å². The lowest BCUT2D eigenvalue weighted by Gasteiger charge is -1.94. The second kappa shape index (κ2) is 5.90. The van der Waals surface area contributed by atoms with E-state index in [0.717, 1.165) is 12.8 Å². The summed E-state index contributed by atoms with van der Waals surface area (Å²) < 4.78 is 0. The molecule has 0 bridgehead atoms. The van der Waals surface area contributed by atoms with E-state index in [1.54, 1.807) is 6.92 Å². The fourth-order valence-electron chi connectivity index (χ4n) is 0.833. The molecule has 0 amide bonds. The monoisotopic (exact) mass is 152 g/mol. The van der Waals surface area contributed by atoms with E-state index in [-0.39, 0.29) is 5.78 Å². The summed E-state index contributed by atoms with van der Waals surface area (Å²) >= 11 is 0. The summed E-state index contributed by atoms with van der Waals surface area (Å²) in [4.78, 5) is 10.5. The van der Waals surface area contributed by atoms with Crippen molar-refractivity contribution in [2.75, 3.05) is 0 Å². The average Bonchev–Trinajstić information content (AvgIpc) is 1.87. The molecule has 0 atom stereocenters. The van der Waals surface area contributed by atoms with E-state index in [1.165, 1.54) is 5.57 Å². The summed E-state index contributed by atoms with van der Waals surface area (Å²) in [6, 6.07) is 0. The summed E-state index contributed by atoms with van der Waals surface area (Å²) in [5, 5.41) is 0. The lowest BCUT2D eigenvalue weighted by atomic mass is 10.1. The van der Waals surface area contributed by atoms with Crippen LogP contribution in [-0.4, -0.2) is 5.78 Å². The van der Waals surface area contributed by atoms with Crippen molar-refractivity contribution in [3.05, 3.63) is 24.3 Å². The fraction of sp³-hybridized carbons (Fsp3) is 0.500. The molecule has 0 aromatic carbocycles. The Morgan fingerprint density at radius 1 is 1.45 bits per heavy atom. The Bertz CT molecular complexity index is 166. The number of carbonyl (C=O) groups excluding carboxylic acids is 1. The van der Waals surface area contributed by atoms with Crippen molar-refractivity contribution in [2.45, 2.75) is 33.1 Å². The van der Waals surface area contributed by atoms with Crippen molar-refractivity contribution in [2.24, 2.45) is 0 Å². The van der Waals surface area contributed by atoms with Crippen molar-refractivity contribution in [1.82, 2.24) is 0 Å². The third kappa shape index (κ3) is 7.04. The van der Waals surface area contributed by atoms with Crippen LogP contribution in [0.5, 0.6) is 0 Å². The number of allylic oxidation sites excluding steroid dienone is 3. The molecule has 0 radical (unpaired) electrons. The van der Waals surface area contributed by atoms with Crippen molar-refractivity contribution < 1.29 is 4.79 Å². The number of ketones is 1. The molecule has 0 unspecified atom stereocenters. The molecule has 0 N–H and O–H groups in total. The maximum absolute atomic E-state index is 10.5. The van der Waals surface area contributed by atoms with Crippen LogP contribution in [0, 0.1) is 0 Å². The average molecular weight is 152 g/mol. The summed E-state index contributed by atoms with van der Waals surface area (Å²) in [5.41, 5.74) is 1.29. The minimum Gasteiger partial charge on any atom is -0.300 e. The number of hydrogen-bond donors (Lipinski definition) is 0. The van der Waals surface area contributed by atoms with Gasteiger partial charge >= 0.3 is 0 Å². The zero-order chi connectivity index (χ0) is 8.69. The topological polar surface area (TPSA) is 17.1 Å². The maximum atomic E-state index is 10.5. The molecule has 11 heavy (non-hydrogen) atoms. The van der Waals surface area contributed by atoms with Gasteiger partial charge < -0.3 is 4.79 Å². The lowest BCUT2D eigenvalue weighted by molar-refractivity contribution is -0.116. The zero-order valence-electron chi connectivity index (χ0n) is 7.39. The molecule has 0 fully saturated rings. The van der Waals surface area contributed by atoms with Gasteiger partial charge in [0, 0.05) is 6.42 Å².